The Morgan fingerprint density at radius 1 is 1.26 bits per heavy atom. The van der Waals surface area contributed by atoms with Crippen LogP contribution in [0.15, 0.2) is 36.5 Å². The number of anilines is 1. The molecule has 5 nitrogen and oxygen atoms in total. The van der Waals surface area contributed by atoms with Crippen LogP contribution in [0.25, 0.3) is 22.3 Å². The Kier molecular flexibility index (Phi) is 2.68. The minimum Gasteiger partial charge on any atom is -0.327 e. The van der Waals surface area contributed by atoms with E-state index in [-0.39, 0.29) is 5.82 Å². The summed E-state index contributed by atoms with van der Waals surface area (Å²) in [4.78, 5) is 14.6. The first-order chi connectivity index (χ1) is 9.28. The van der Waals surface area contributed by atoms with Gasteiger partial charge in [-0.05, 0) is 30.3 Å². The van der Waals surface area contributed by atoms with E-state index in [0.29, 0.717) is 17.7 Å². The number of nitrogens with zero attached hydrogens (tertiary/aromatic N) is 2. The molecule has 0 aliphatic carbocycles. The van der Waals surface area contributed by atoms with Crippen LogP contribution in [0, 0.1) is 5.82 Å². The Hall–Kier alpha value is -2.76. The Labute approximate surface area is 107 Å². The molecule has 3 aromatic rings. The van der Waals surface area contributed by atoms with Gasteiger partial charge in [0.25, 0.3) is 0 Å². The second-order valence-electron chi connectivity index (χ2n) is 3.96. The number of hydrogen-bond acceptors (Lipinski definition) is 3. The van der Waals surface area contributed by atoms with Crippen molar-refractivity contribution in [3.8, 4) is 11.3 Å². The molecule has 1 amide bonds. The van der Waals surface area contributed by atoms with E-state index >= 15 is 0 Å². The van der Waals surface area contributed by atoms with Crippen LogP contribution in [-0.2, 0) is 4.79 Å². The number of aromatic nitrogens is 3. The standard InChI is InChI=1S/C13H9FN4O/c14-9-3-1-8(2-4-9)12-11-5-10(16-7-19)6-15-13(11)18-17-12/h1-7H,(H,16,19)(H,15,17,18). The Morgan fingerprint density at radius 3 is 2.79 bits per heavy atom. The van der Waals surface area contributed by atoms with Gasteiger partial charge in [-0.3, -0.25) is 9.89 Å². The molecule has 0 bridgehead atoms. The maximum Gasteiger partial charge on any atom is 0.211 e. The molecule has 0 spiro atoms. The average Bonchev–Trinajstić information content (AvgIpc) is 2.83. The van der Waals surface area contributed by atoms with Gasteiger partial charge >= 0.3 is 0 Å². The van der Waals surface area contributed by atoms with E-state index in [1.807, 2.05) is 0 Å². The fourth-order valence-electron chi connectivity index (χ4n) is 1.88. The lowest BCUT2D eigenvalue weighted by atomic mass is 10.1. The molecule has 94 valence electrons. The summed E-state index contributed by atoms with van der Waals surface area (Å²) in [6.07, 6.45) is 2.10. The zero-order chi connectivity index (χ0) is 13.2. The van der Waals surface area contributed by atoms with Gasteiger partial charge in [-0.15, -0.1) is 0 Å². The first kappa shape index (κ1) is 11.3. The SMILES string of the molecule is O=CNc1cnc2n[nH]c(-c3ccc(F)cc3)c2c1. The van der Waals surface area contributed by atoms with Crippen molar-refractivity contribution in [2.45, 2.75) is 0 Å². The summed E-state index contributed by atoms with van der Waals surface area (Å²) in [5.74, 6) is -0.297. The van der Waals surface area contributed by atoms with Crippen LogP contribution < -0.4 is 5.32 Å². The minimum atomic E-state index is -0.297. The molecule has 3 rings (SSSR count). The number of amides is 1. The number of pyridine rings is 1. The van der Waals surface area contributed by atoms with E-state index in [2.05, 4.69) is 20.5 Å². The molecule has 0 atom stereocenters. The number of aromatic amines is 1. The molecular formula is C13H9FN4O. The van der Waals surface area contributed by atoms with E-state index in [4.69, 9.17) is 0 Å². The normalized spacial score (nSPS) is 10.6. The number of halogens is 1. The maximum absolute atomic E-state index is 12.9. The maximum atomic E-state index is 12.9. The molecule has 0 saturated heterocycles. The van der Waals surface area contributed by atoms with Crippen molar-refractivity contribution in [1.29, 1.82) is 0 Å². The number of hydrogen-bond donors (Lipinski definition) is 2. The number of carbonyl (C=O) groups excluding carboxylic acids is 1. The number of H-pyrrole nitrogens is 1. The molecule has 0 fully saturated rings. The Balaban J connectivity index is 2.15. The van der Waals surface area contributed by atoms with Crippen LogP contribution in [-0.4, -0.2) is 21.6 Å². The predicted octanol–water partition coefficient (Wildman–Crippen LogP) is 2.33. The van der Waals surface area contributed by atoms with Crippen LogP contribution in [0.2, 0.25) is 0 Å². The predicted molar refractivity (Wildman–Crippen MR) is 69.0 cm³/mol. The second-order valence-corrected chi connectivity index (χ2v) is 3.96. The van der Waals surface area contributed by atoms with E-state index < -0.39 is 0 Å². The lowest BCUT2D eigenvalue weighted by Gasteiger charge is -2.00. The lowest BCUT2D eigenvalue weighted by Crippen LogP contribution is -1.94. The third-order valence-electron chi connectivity index (χ3n) is 2.77. The van der Waals surface area contributed by atoms with E-state index in [9.17, 15) is 9.18 Å². The number of fused-ring (bicyclic) bond motifs is 1. The van der Waals surface area contributed by atoms with Crippen molar-refractivity contribution >= 4 is 23.1 Å². The first-order valence-electron chi connectivity index (χ1n) is 5.58. The molecule has 0 unspecified atom stereocenters. The van der Waals surface area contributed by atoms with Crippen LogP contribution in [0.4, 0.5) is 10.1 Å². The van der Waals surface area contributed by atoms with Crippen molar-refractivity contribution in [1.82, 2.24) is 15.2 Å². The van der Waals surface area contributed by atoms with Gasteiger partial charge in [0.15, 0.2) is 5.65 Å². The quantitative estimate of drug-likeness (QED) is 0.706. The van der Waals surface area contributed by atoms with Gasteiger partial charge in [-0.2, -0.15) is 5.10 Å². The summed E-state index contributed by atoms with van der Waals surface area (Å²) in [5.41, 5.74) is 2.65. The third-order valence-corrected chi connectivity index (χ3v) is 2.77. The monoisotopic (exact) mass is 256 g/mol. The van der Waals surface area contributed by atoms with Crippen LogP contribution in [0.3, 0.4) is 0 Å². The van der Waals surface area contributed by atoms with E-state index in [1.54, 1.807) is 18.2 Å². The average molecular weight is 256 g/mol. The van der Waals surface area contributed by atoms with Crippen LogP contribution >= 0.6 is 0 Å². The van der Waals surface area contributed by atoms with Crippen LogP contribution in [0.5, 0.6) is 0 Å². The topological polar surface area (TPSA) is 70.7 Å². The number of nitrogens with one attached hydrogen (secondary N) is 2. The molecular weight excluding hydrogens is 247 g/mol. The Morgan fingerprint density at radius 2 is 2.05 bits per heavy atom. The summed E-state index contributed by atoms with van der Waals surface area (Å²) in [6.45, 7) is 0. The zero-order valence-corrected chi connectivity index (χ0v) is 9.72. The summed E-state index contributed by atoms with van der Waals surface area (Å²) >= 11 is 0. The Bertz CT molecular complexity index is 736. The second kappa shape index (κ2) is 4.49. The molecule has 0 radical (unpaired) electrons. The van der Waals surface area contributed by atoms with Gasteiger partial charge in [0, 0.05) is 10.9 Å². The van der Waals surface area contributed by atoms with Gasteiger partial charge < -0.3 is 5.32 Å². The van der Waals surface area contributed by atoms with Crippen molar-refractivity contribution in [3.05, 3.63) is 42.3 Å². The molecule has 6 heteroatoms. The fourth-order valence-corrected chi connectivity index (χ4v) is 1.88. The highest BCUT2D eigenvalue weighted by molar-refractivity contribution is 5.93. The van der Waals surface area contributed by atoms with Crippen molar-refractivity contribution in [2.24, 2.45) is 0 Å². The van der Waals surface area contributed by atoms with E-state index in [0.717, 1.165) is 16.6 Å². The summed E-state index contributed by atoms with van der Waals surface area (Å²) in [7, 11) is 0. The molecule has 2 N–H and O–H groups in total. The first-order valence-corrected chi connectivity index (χ1v) is 5.58. The molecule has 0 aliphatic rings. The molecule has 2 heterocycles. The molecule has 0 saturated carbocycles. The van der Waals surface area contributed by atoms with Crippen molar-refractivity contribution < 1.29 is 9.18 Å². The molecule has 19 heavy (non-hydrogen) atoms. The smallest absolute Gasteiger partial charge is 0.211 e. The molecule has 1 aromatic carbocycles. The van der Waals surface area contributed by atoms with Crippen LogP contribution in [0.1, 0.15) is 0 Å². The summed E-state index contributed by atoms with van der Waals surface area (Å²) in [6, 6.07) is 7.83. The summed E-state index contributed by atoms with van der Waals surface area (Å²) in [5, 5.41) is 10.2. The number of carbonyl (C=O) groups is 1. The summed E-state index contributed by atoms with van der Waals surface area (Å²) < 4.78 is 12.9. The van der Waals surface area contributed by atoms with Gasteiger partial charge in [-0.1, -0.05) is 0 Å². The third kappa shape index (κ3) is 2.03. The van der Waals surface area contributed by atoms with Gasteiger partial charge in [0.1, 0.15) is 5.82 Å². The van der Waals surface area contributed by atoms with Crippen molar-refractivity contribution in [3.63, 3.8) is 0 Å². The minimum absolute atomic E-state index is 0.297. The van der Waals surface area contributed by atoms with E-state index in [1.165, 1.54) is 18.3 Å². The highest BCUT2D eigenvalue weighted by atomic mass is 19.1. The van der Waals surface area contributed by atoms with Gasteiger partial charge in [0.05, 0.1) is 17.6 Å². The fraction of sp³-hybridized carbons (Fsp3) is 0. The largest absolute Gasteiger partial charge is 0.327 e. The molecule has 0 aliphatic heterocycles. The highest BCUT2D eigenvalue weighted by Gasteiger charge is 2.09. The van der Waals surface area contributed by atoms with Gasteiger partial charge in [-0.25, -0.2) is 9.37 Å². The number of rotatable bonds is 3. The molecule has 2 aromatic heterocycles. The van der Waals surface area contributed by atoms with Crippen molar-refractivity contribution in [2.75, 3.05) is 5.32 Å². The lowest BCUT2D eigenvalue weighted by molar-refractivity contribution is -0.105. The number of benzene rings is 1. The zero-order valence-electron chi connectivity index (χ0n) is 9.72. The van der Waals surface area contributed by atoms with Gasteiger partial charge in [0.2, 0.25) is 6.41 Å². The highest BCUT2D eigenvalue weighted by Crippen LogP contribution is 2.27.